The Morgan fingerprint density at radius 3 is 2.31 bits per heavy atom. The molecule has 6 nitrogen and oxygen atoms in total. The van der Waals surface area contributed by atoms with Gasteiger partial charge < -0.3 is 15.1 Å². The highest BCUT2D eigenvalue weighted by Gasteiger charge is 2.12. The van der Waals surface area contributed by atoms with E-state index < -0.39 is 5.63 Å². The van der Waals surface area contributed by atoms with Crippen molar-refractivity contribution in [1.82, 2.24) is 0 Å². The van der Waals surface area contributed by atoms with E-state index in [1.807, 2.05) is 26.0 Å². The number of hydrogen-bond donors (Lipinski definition) is 2. The smallest absolute Gasteiger partial charge is 0.344 e. The summed E-state index contributed by atoms with van der Waals surface area (Å²) in [6, 6.07) is 22.8. The van der Waals surface area contributed by atoms with Gasteiger partial charge in [-0.3, -0.25) is 9.59 Å². The van der Waals surface area contributed by atoms with Gasteiger partial charge >= 0.3 is 5.63 Å². The number of hydrogen-bond acceptors (Lipinski definition) is 4. The molecule has 0 aliphatic rings. The maximum absolute atomic E-state index is 12.8. The summed E-state index contributed by atoms with van der Waals surface area (Å²) >= 11 is 0. The van der Waals surface area contributed by atoms with E-state index >= 15 is 0 Å². The van der Waals surface area contributed by atoms with Crippen molar-refractivity contribution in [3.05, 3.63) is 94.8 Å². The van der Waals surface area contributed by atoms with Crippen molar-refractivity contribution in [2.24, 2.45) is 5.92 Å². The Labute approximate surface area is 184 Å². The molecular weight excluding hydrogens is 404 g/mol. The number of benzene rings is 3. The van der Waals surface area contributed by atoms with E-state index in [9.17, 15) is 14.4 Å². The molecule has 0 spiro atoms. The summed E-state index contributed by atoms with van der Waals surface area (Å²) in [5.74, 6) is -0.580. The minimum Gasteiger partial charge on any atom is -0.422 e. The van der Waals surface area contributed by atoms with Crippen LogP contribution in [-0.2, 0) is 4.79 Å². The summed E-state index contributed by atoms with van der Waals surface area (Å²) in [4.78, 5) is 37.2. The average Bonchev–Trinajstić information content (AvgIpc) is 2.79. The highest BCUT2D eigenvalue weighted by molar-refractivity contribution is 6.05. The van der Waals surface area contributed by atoms with Crippen molar-refractivity contribution < 1.29 is 14.0 Å². The second-order valence-corrected chi connectivity index (χ2v) is 7.75. The first kappa shape index (κ1) is 21.1. The molecule has 4 rings (SSSR count). The molecule has 4 aromatic rings. The lowest BCUT2D eigenvalue weighted by Crippen LogP contribution is -2.18. The zero-order valence-electron chi connectivity index (χ0n) is 17.7. The summed E-state index contributed by atoms with van der Waals surface area (Å²) < 4.78 is 5.41. The zero-order chi connectivity index (χ0) is 22.7. The zero-order valence-corrected chi connectivity index (χ0v) is 17.7. The topological polar surface area (TPSA) is 88.4 Å². The molecule has 1 aromatic heterocycles. The van der Waals surface area contributed by atoms with Gasteiger partial charge in [0.1, 0.15) is 5.58 Å². The summed E-state index contributed by atoms with van der Waals surface area (Å²) in [5, 5.41) is 6.45. The van der Waals surface area contributed by atoms with E-state index in [1.165, 1.54) is 0 Å². The van der Waals surface area contributed by atoms with Crippen LogP contribution >= 0.6 is 0 Å². The first-order valence-corrected chi connectivity index (χ1v) is 10.3. The molecule has 0 saturated carbocycles. The number of fused-ring (bicyclic) bond motifs is 1. The van der Waals surface area contributed by atoms with Crippen molar-refractivity contribution in [2.45, 2.75) is 13.8 Å². The van der Waals surface area contributed by atoms with Crippen molar-refractivity contribution in [3.63, 3.8) is 0 Å². The lowest BCUT2D eigenvalue weighted by molar-refractivity contribution is -0.118. The summed E-state index contributed by atoms with van der Waals surface area (Å²) in [6.45, 7) is 3.62. The summed E-state index contributed by atoms with van der Waals surface area (Å²) in [6.07, 6.45) is 0. The van der Waals surface area contributed by atoms with Crippen LogP contribution in [-0.4, -0.2) is 11.8 Å². The second kappa shape index (κ2) is 8.89. The molecule has 0 aliphatic carbocycles. The van der Waals surface area contributed by atoms with E-state index in [-0.39, 0.29) is 17.7 Å². The van der Waals surface area contributed by atoms with Gasteiger partial charge in [-0.1, -0.05) is 50.2 Å². The van der Waals surface area contributed by atoms with Crippen LogP contribution in [0.3, 0.4) is 0 Å². The van der Waals surface area contributed by atoms with Crippen molar-refractivity contribution in [1.29, 1.82) is 0 Å². The minimum absolute atomic E-state index is 0.101. The molecule has 0 unspecified atom stereocenters. The van der Waals surface area contributed by atoms with Crippen molar-refractivity contribution in [3.8, 4) is 11.1 Å². The van der Waals surface area contributed by atoms with Gasteiger partial charge in [0, 0.05) is 28.2 Å². The summed E-state index contributed by atoms with van der Waals surface area (Å²) in [7, 11) is 0. The van der Waals surface area contributed by atoms with Crippen molar-refractivity contribution >= 4 is 34.2 Å². The SMILES string of the molecule is CC(C)C(=O)Nc1cccc(NC(=O)c2cccc(-c3cc4ccccc4oc3=O)c2)c1. The molecule has 2 N–H and O–H groups in total. The standard InChI is InChI=1S/C26H22N2O4/c1-16(2)24(29)27-20-10-6-11-21(15-20)28-25(30)19-9-5-8-17(13-19)22-14-18-7-3-4-12-23(18)32-26(22)31/h3-16H,1-2H3,(H,27,29)(H,28,30). The van der Waals surface area contributed by atoms with Gasteiger partial charge in [0.25, 0.3) is 5.91 Å². The molecule has 1 heterocycles. The van der Waals surface area contributed by atoms with Crippen LogP contribution in [0, 0.1) is 5.92 Å². The molecular formula is C26H22N2O4. The average molecular weight is 426 g/mol. The molecule has 2 amide bonds. The number of nitrogens with one attached hydrogen (secondary N) is 2. The van der Waals surface area contributed by atoms with E-state index in [0.717, 1.165) is 5.39 Å². The molecule has 0 fully saturated rings. The van der Waals surface area contributed by atoms with E-state index in [2.05, 4.69) is 10.6 Å². The predicted octanol–water partition coefficient (Wildman–Crippen LogP) is 5.31. The summed E-state index contributed by atoms with van der Waals surface area (Å²) in [5.41, 5.74) is 2.57. The minimum atomic E-state index is -0.463. The fourth-order valence-electron chi connectivity index (χ4n) is 3.26. The Morgan fingerprint density at radius 1 is 0.812 bits per heavy atom. The number of carbonyl (C=O) groups is 2. The van der Waals surface area contributed by atoms with Crippen LogP contribution in [0.5, 0.6) is 0 Å². The first-order valence-electron chi connectivity index (χ1n) is 10.3. The first-order chi connectivity index (χ1) is 15.4. The Bertz CT molecular complexity index is 1370. The Balaban J connectivity index is 1.58. The number of para-hydroxylation sites is 1. The largest absolute Gasteiger partial charge is 0.422 e. The molecule has 160 valence electrons. The molecule has 0 saturated heterocycles. The van der Waals surface area contributed by atoms with Crippen molar-refractivity contribution in [2.75, 3.05) is 10.6 Å². The van der Waals surface area contributed by atoms with Crippen LogP contribution < -0.4 is 16.3 Å². The van der Waals surface area contributed by atoms with Gasteiger partial charge in [-0.05, 0) is 48.0 Å². The molecule has 0 radical (unpaired) electrons. The van der Waals surface area contributed by atoms with Crippen LogP contribution in [0.15, 0.2) is 88.1 Å². The van der Waals surface area contributed by atoms with Gasteiger partial charge in [-0.2, -0.15) is 0 Å². The lowest BCUT2D eigenvalue weighted by atomic mass is 10.0. The second-order valence-electron chi connectivity index (χ2n) is 7.75. The van der Waals surface area contributed by atoms with Gasteiger partial charge in [0.15, 0.2) is 0 Å². The highest BCUT2D eigenvalue weighted by atomic mass is 16.4. The number of rotatable bonds is 5. The normalized spacial score (nSPS) is 10.8. The predicted molar refractivity (Wildman–Crippen MR) is 126 cm³/mol. The monoisotopic (exact) mass is 426 g/mol. The third kappa shape index (κ3) is 4.59. The number of amides is 2. The molecule has 6 heteroatoms. The molecule has 0 bridgehead atoms. The quantitative estimate of drug-likeness (QED) is 0.424. The fourth-order valence-corrected chi connectivity index (χ4v) is 3.26. The Morgan fingerprint density at radius 2 is 1.53 bits per heavy atom. The van der Waals surface area contributed by atoms with Gasteiger partial charge in [0.2, 0.25) is 5.91 Å². The van der Waals surface area contributed by atoms with Crippen LogP contribution in [0.4, 0.5) is 11.4 Å². The molecule has 0 aliphatic heterocycles. The van der Waals surface area contributed by atoms with E-state index in [4.69, 9.17) is 4.42 Å². The lowest BCUT2D eigenvalue weighted by Gasteiger charge is -2.11. The maximum atomic E-state index is 12.8. The van der Waals surface area contributed by atoms with Gasteiger partial charge in [0.05, 0.1) is 5.56 Å². The fraction of sp³-hybridized carbons (Fsp3) is 0.115. The van der Waals surface area contributed by atoms with E-state index in [0.29, 0.717) is 33.6 Å². The third-order valence-corrected chi connectivity index (χ3v) is 4.99. The number of carbonyl (C=O) groups excluding carboxylic acids is 2. The van der Waals surface area contributed by atoms with Crippen LogP contribution in [0.25, 0.3) is 22.1 Å². The molecule has 0 atom stereocenters. The van der Waals surface area contributed by atoms with Gasteiger partial charge in [-0.15, -0.1) is 0 Å². The maximum Gasteiger partial charge on any atom is 0.344 e. The van der Waals surface area contributed by atoms with Crippen LogP contribution in [0.1, 0.15) is 24.2 Å². The molecule has 3 aromatic carbocycles. The number of anilines is 2. The van der Waals surface area contributed by atoms with Gasteiger partial charge in [-0.25, -0.2) is 4.79 Å². The molecule has 32 heavy (non-hydrogen) atoms. The Hall–Kier alpha value is -4.19. The Kier molecular flexibility index (Phi) is 5.85. The van der Waals surface area contributed by atoms with Crippen LogP contribution in [0.2, 0.25) is 0 Å². The third-order valence-electron chi connectivity index (χ3n) is 4.99. The van der Waals surface area contributed by atoms with E-state index in [1.54, 1.807) is 66.7 Å². The highest BCUT2D eigenvalue weighted by Crippen LogP contribution is 2.23.